The number of hydrogen-bond acceptors (Lipinski definition) is 7. The molecule has 0 unspecified atom stereocenters. The number of benzene rings is 1. The van der Waals surface area contributed by atoms with Gasteiger partial charge in [-0.25, -0.2) is 4.98 Å². The van der Waals surface area contributed by atoms with Crippen molar-refractivity contribution in [3.05, 3.63) is 34.3 Å². The molecule has 1 aliphatic rings. The van der Waals surface area contributed by atoms with E-state index in [1.54, 1.807) is 23.6 Å². The van der Waals surface area contributed by atoms with Gasteiger partial charge in [-0.05, 0) is 25.6 Å². The van der Waals surface area contributed by atoms with Crippen LogP contribution in [0.5, 0.6) is 11.5 Å². The number of thiazole rings is 1. The zero-order chi connectivity index (χ0) is 19.2. The molecule has 0 saturated heterocycles. The van der Waals surface area contributed by atoms with E-state index in [-0.39, 0.29) is 30.8 Å². The number of halogens is 1. The first-order valence-corrected chi connectivity index (χ1v) is 9.62. The van der Waals surface area contributed by atoms with Gasteiger partial charge in [0.15, 0.2) is 11.5 Å². The van der Waals surface area contributed by atoms with Gasteiger partial charge in [-0.2, -0.15) is 0 Å². The molecule has 1 aromatic carbocycles. The minimum Gasteiger partial charge on any atom is -0.486 e. The van der Waals surface area contributed by atoms with Crippen LogP contribution in [0.15, 0.2) is 23.6 Å². The molecule has 152 valence electrons. The third-order valence-electron chi connectivity index (χ3n) is 3.96. The van der Waals surface area contributed by atoms with Gasteiger partial charge in [0.1, 0.15) is 25.5 Å². The average molecular weight is 427 g/mol. The van der Waals surface area contributed by atoms with Crippen LogP contribution < -0.4 is 20.5 Å². The highest BCUT2D eigenvalue weighted by molar-refractivity contribution is 7.09. The van der Waals surface area contributed by atoms with Gasteiger partial charge in [-0.1, -0.05) is 0 Å². The quantitative estimate of drug-likeness (QED) is 0.700. The van der Waals surface area contributed by atoms with Crippen LogP contribution in [0.1, 0.15) is 22.4 Å². The fraction of sp³-hybridized carbons (Fsp3) is 0.389. The highest BCUT2D eigenvalue weighted by Crippen LogP contribution is 2.32. The lowest BCUT2D eigenvalue weighted by Crippen LogP contribution is -2.38. The summed E-state index contributed by atoms with van der Waals surface area (Å²) >= 11 is 1.40. The SMILES string of the molecule is CCN(CC(=O)Nc1ccc2c(c1)OCCO2)C(=O)c1csc(CCN)n1.Cl. The normalized spacial score (nSPS) is 12.1. The van der Waals surface area contributed by atoms with Crippen LogP contribution in [0.2, 0.25) is 0 Å². The highest BCUT2D eigenvalue weighted by atomic mass is 35.5. The summed E-state index contributed by atoms with van der Waals surface area (Å²) in [6.07, 6.45) is 0.634. The molecule has 2 heterocycles. The zero-order valence-corrected chi connectivity index (χ0v) is 17.1. The van der Waals surface area contributed by atoms with Crippen LogP contribution in [-0.2, 0) is 11.2 Å². The first-order chi connectivity index (χ1) is 13.1. The Bertz CT molecular complexity index is 830. The molecule has 0 atom stereocenters. The van der Waals surface area contributed by atoms with Gasteiger partial charge in [-0.15, -0.1) is 23.7 Å². The Kier molecular flexibility index (Phi) is 8.04. The number of anilines is 1. The number of amides is 2. The number of rotatable bonds is 7. The van der Waals surface area contributed by atoms with E-state index in [0.29, 0.717) is 55.6 Å². The molecule has 3 N–H and O–H groups in total. The van der Waals surface area contributed by atoms with Gasteiger partial charge in [0.25, 0.3) is 5.91 Å². The number of carbonyl (C=O) groups excluding carboxylic acids is 2. The molecule has 3 rings (SSSR count). The standard InChI is InChI=1S/C18H22N4O4S.ClH/c1-2-22(18(24)13-11-27-17(21-13)5-6-19)10-16(23)20-12-3-4-14-15(9-12)26-8-7-25-14;/h3-4,9,11H,2,5-8,10,19H2,1H3,(H,20,23);1H. The summed E-state index contributed by atoms with van der Waals surface area (Å²) in [5, 5.41) is 5.31. The lowest BCUT2D eigenvalue weighted by Gasteiger charge is -2.21. The maximum absolute atomic E-state index is 12.6. The molecule has 2 aromatic rings. The molecule has 8 nitrogen and oxygen atoms in total. The number of likely N-dealkylation sites (N-methyl/N-ethyl adjacent to an activating group) is 1. The molecule has 1 aliphatic heterocycles. The van der Waals surface area contributed by atoms with E-state index in [1.807, 2.05) is 6.92 Å². The minimum absolute atomic E-state index is 0. The smallest absolute Gasteiger partial charge is 0.273 e. The molecule has 1 aromatic heterocycles. The van der Waals surface area contributed by atoms with Gasteiger partial charge in [0, 0.05) is 30.1 Å². The summed E-state index contributed by atoms with van der Waals surface area (Å²) < 4.78 is 11.0. The first kappa shape index (κ1) is 21.9. The fourth-order valence-electron chi connectivity index (χ4n) is 2.63. The van der Waals surface area contributed by atoms with Crippen molar-refractivity contribution in [2.24, 2.45) is 5.73 Å². The number of hydrogen-bond donors (Lipinski definition) is 2. The summed E-state index contributed by atoms with van der Waals surface area (Å²) in [4.78, 5) is 30.7. The van der Waals surface area contributed by atoms with Crippen LogP contribution in [0, 0.1) is 0 Å². The second kappa shape index (κ2) is 10.3. The predicted molar refractivity (Wildman–Crippen MR) is 110 cm³/mol. The Balaban J connectivity index is 0.00000280. The third kappa shape index (κ3) is 5.34. The first-order valence-electron chi connectivity index (χ1n) is 8.74. The third-order valence-corrected chi connectivity index (χ3v) is 4.87. The van der Waals surface area contributed by atoms with Crippen LogP contribution in [0.4, 0.5) is 5.69 Å². The zero-order valence-electron chi connectivity index (χ0n) is 15.5. The topological polar surface area (TPSA) is 107 Å². The van der Waals surface area contributed by atoms with Crippen LogP contribution in [0.25, 0.3) is 0 Å². The van der Waals surface area contributed by atoms with Gasteiger partial charge in [0.05, 0.1) is 5.01 Å². The number of aromatic nitrogens is 1. The lowest BCUT2D eigenvalue weighted by molar-refractivity contribution is -0.116. The number of fused-ring (bicyclic) bond motifs is 1. The Morgan fingerprint density at radius 2 is 2.04 bits per heavy atom. The van der Waals surface area contributed by atoms with E-state index < -0.39 is 0 Å². The summed E-state index contributed by atoms with van der Waals surface area (Å²) in [5.74, 6) is 0.687. The van der Waals surface area contributed by atoms with E-state index in [9.17, 15) is 9.59 Å². The van der Waals surface area contributed by atoms with Crippen molar-refractivity contribution in [3.8, 4) is 11.5 Å². The van der Waals surface area contributed by atoms with Crippen LogP contribution >= 0.6 is 23.7 Å². The van der Waals surface area contributed by atoms with Crippen molar-refractivity contribution in [2.45, 2.75) is 13.3 Å². The predicted octanol–water partition coefficient (Wildman–Crippen LogP) is 1.94. The molecule has 28 heavy (non-hydrogen) atoms. The van der Waals surface area contributed by atoms with Crippen LogP contribution in [0.3, 0.4) is 0 Å². The Morgan fingerprint density at radius 3 is 2.75 bits per heavy atom. The summed E-state index contributed by atoms with van der Waals surface area (Å²) in [5.41, 5.74) is 6.45. The monoisotopic (exact) mass is 426 g/mol. The number of nitrogens with two attached hydrogens (primary N) is 1. The average Bonchev–Trinajstić information content (AvgIpc) is 3.14. The number of carbonyl (C=O) groups is 2. The van der Waals surface area contributed by atoms with Gasteiger partial charge in [-0.3, -0.25) is 9.59 Å². The Hall–Kier alpha value is -2.36. The lowest BCUT2D eigenvalue weighted by atomic mass is 10.2. The molecule has 0 spiro atoms. The van der Waals surface area contributed by atoms with E-state index >= 15 is 0 Å². The Morgan fingerprint density at radius 1 is 1.29 bits per heavy atom. The molecule has 2 amide bonds. The Labute approximate surface area is 173 Å². The van der Waals surface area contributed by atoms with Crippen molar-refractivity contribution < 1.29 is 19.1 Å². The van der Waals surface area contributed by atoms with E-state index in [4.69, 9.17) is 15.2 Å². The van der Waals surface area contributed by atoms with E-state index in [1.165, 1.54) is 16.2 Å². The summed E-state index contributed by atoms with van der Waals surface area (Å²) in [6.45, 7) is 3.63. The van der Waals surface area contributed by atoms with Crippen LogP contribution in [-0.4, -0.2) is 54.5 Å². The van der Waals surface area contributed by atoms with E-state index in [0.717, 1.165) is 5.01 Å². The molecule has 0 bridgehead atoms. The number of nitrogens with zero attached hydrogens (tertiary/aromatic N) is 2. The summed E-state index contributed by atoms with van der Waals surface area (Å²) in [7, 11) is 0. The summed E-state index contributed by atoms with van der Waals surface area (Å²) in [6, 6.07) is 5.20. The molecular weight excluding hydrogens is 404 g/mol. The van der Waals surface area contributed by atoms with Crippen molar-refractivity contribution in [1.82, 2.24) is 9.88 Å². The maximum Gasteiger partial charge on any atom is 0.273 e. The van der Waals surface area contributed by atoms with Crippen molar-refractivity contribution in [1.29, 1.82) is 0 Å². The van der Waals surface area contributed by atoms with Crippen molar-refractivity contribution >= 4 is 41.2 Å². The molecular formula is C18H23ClN4O4S. The molecule has 10 heteroatoms. The fourth-order valence-corrected chi connectivity index (χ4v) is 3.42. The molecule has 0 saturated carbocycles. The molecule has 0 aliphatic carbocycles. The van der Waals surface area contributed by atoms with Gasteiger partial charge < -0.3 is 25.4 Å². The maximum atomic E-state index is 12.6. The van der Waals surface area contributed by atoms with Gasteiger partial charge in [0.2, 0.25) is 5.91 Å². The minimum atomic E-state index is -0.292. The van der Waals surface area contributed by atoms with E-state index in [2.05, 4.69) is 10.3 Å². The highest BCUT2D eigenvalue weighted by Gasteiger charge is 2.20. The number of ether oxygens (including phenoxy) is 2. The van der Waals surface area contributed by atoms with Crippen molar-refractivity contribution in [2.75, 3.05) is 38.2 Å². The molecule has 0 fully saturated rings. The second-order valence-corrected chi connectivity index (χ2v) is 6.83. The number of nitrogens with one attached hydrogen (secondary N) is 1. The molecule has 0 radical (unpaired) electrons. The van der Waals surface area contributed by atoms with Gasteiger partial charge >= 0.3 is 0 Å². The largest absolute Gasteiger partial charge is 0.486 e. The second-order valence-electron chi connectivity index (χ2n) is 5.89. The van der Waals surface area contributed by atoms with Crippen molar-refractivity contribution in [3.63, 3.8) is 0 Å².